The maximum absolute atomic E-state index is 12.6. The van der Waals surface area contributed by atoms with Crippen molar-refractivity contribution >= 4 is 11.9 Å². The molecule has 1 aliphatic heterocycles. The molecule has 0 spiro atoms. The minimum absolute atomic E-state index is 0.00402. The third kappa shape index (κ3) is 5.82. The van der Waals surface area contributed by atoms with Gasteiger partial charge in [0.1, 0.15) is 0 Å². The molecule has 0 bridgehead atoms. The van der Waals surface area contributed by atoms with E-state index in [0.717, 1.165) is 37.8 Å². The molecule has 1 rings (SSSR count). The van der Waals surface area contributed by atoms with Crippen molar-refractivity contribution < 1.29 is 14.7 Å². The number of carboxylic acid groups (broad SMARTS) is 1. The highest BCUT2D eigenvalue weighted by Gasteiger charge is 2.40. The Kier molecular flexibility index (Phi) is 7.56. The number of nitrogens with zero attached hydrogens (tertiary/aromatic N) is 1. The van der Waals surface area contributed by atoms with E-state index >= 15 is 0 Å². The van der Waals surface area contributed by atoms with E-state index in [9.17, 15) is 14.7 Å². The summed E-state index contributed by atoms with van der Waals surface area (Å²) in [4.78, 5) is 25.8. The smallest absolute Gasteiger partial charge is 0.309 e. The molecule has 0 aliphatic carbocycles. The first-order valence-electron chi connectivity index (χ1n) is 9.18. The van der Waals surface area contributed by atoms with Crippen molar-refractivity contribution in [1.29, 1.82) is 0 Å². The standard InChI is InChI=1S/C19H35NO3/c1-14(2)8-6-7-9-16-10-12-20(13-11-16)17(21)15(3)19(4,5)18(22)23/h14-16H,6-13H2,1-5H3,(H,22,23). The summed E-state index contributed by atoms with van der Waals surface area (Å²) in [6.45, 7) is 11.1. The molecule has 1 heterocycles. The van der Waals surface area contributed by atoms with Gasteiger partial charge in [0.15, 0.2) is 0 Å². The van der Waals surface area contributed by atoms with Crippen LogP contribution in [0.25, 0.3) is 0 Å². The molecule has 0 radical (unpaired) electrons. The largest absolute Gasteiger partial charge is 0.481 e. The summed E-state index contributed by atoms with van der Waals surface area (Å²) in [7, 11) is 0. The van der Waals surface area contributed by atoms with E-state index in [1.165, 1.54) is 25.7 Å². The average molecular weight is 325 g/mol. The molecule has 1 atom stereocenters. The molecule has 1 N–H and O–H groups in total. The number of hydrogen-bond donors (Lipinski definition) is 1. The van der Waals surface area contributed by atoms with Gasteiger partial charge in [-0.2, -0.15) is 0 Å². The van der Waals surface area contributed by atoms with Crippen LogP contribution in [0.15, 0.2) is 0 Å². The highest BCUT2D eigenvalue weighted by atomic mass is 16.4. The Morgan fingerprint density at radius 1 is 1.13 bits per heavy atom. The van der Waals surface area contributed by atoms with Crippen LogP contribution in [-0.2, 0) is 9.59 Å². The summed E-state index contributed by atoms with van der Waals surface area (Å²) < 4.78 is 0. The quantitative estimate of drug-likeness (QED) is 0.681. The van der Waals surface area contributed by atoms with E-state index < -0.39 is 17.3 Å². The molecule has 23 heavy (non-hydrogen) atoms. The van der Waals surface area contributed by atoms with Gasteiger partial charge in [-0.3, -0.25) is 9.59 Å². The fourth-order valence-electron chi connectivity index (χ4n) is 3.20. The summed E-state index contributed by atoms with van der Waals surface area (Å²) in [6.07, 6.45) is 7.30. The van der Waals surface area contributed by atoms with Crippen molar-refractivity contribution in [2.75, 3.05) is 13.1 Å². The molecule has 4 nitrogen and oxygen atoms in total. The average Bonchev–Trinajstić information content (AvgIpc) is 2.50. The van der Waals surface area contributed by atoms with Crippen molar-refractivity contribution in [3.63, 3.8) is 0 Å². The summed E-state index contributed by atoms with van der Waals surface area (Å²) in [5.74, 6) is 0.124. The van der Waals surface area contributed by atoms with Gasteiger partial charge < -0.3 is 10.0 Å². The number of rotatable bonds is 8. The van der Waals surface area contributed by atoms with E-state index in [1.807, 2.05) is 4.90 Å². The first-order chi connectivity index (χ1) is 10.7. The number of unbranched alkanes of at least 4 members (excludes halogenated alkanes) is 1. The highest BCUT2D eigenvalue weighted by molar-refractivity contribution is 5.86. The molecular formula is C19H35NO3. The zero-order chi connectivity index (χ0) is 17.6. The molecule has 0 saturated carbocycles. The van der Waals surface area contributed by atoms with Crippen LogP contribution in [0.2, 0.25) is 0 Å². The molecule has 1 amide bonds. The summed E-state index contributed by atoms with van der Waals surface area (Å²) >= 11 is 0. The van der Waals surface area contributed by atoms with Crippen LogP contribution >= 0.6 is 0 Å². The number of piperidine rings is 1. The Balaban J connectivity index is 2.38. The van der Waals surface area contributed by atoms with E-state index in [2.05, 4.69) is 13.8 Å². The number of aliphatic carboxylic acids is 1. The molecule has 1 unspecified atom stereocenters. The topological polar surface area (TPSA) is 57.6 Å². The molecule has 4 heteroatoms. The van der Waals surface area contributed by atoms with Crippen LogP contribution < -0.4 is 0 Å². The zero-order valence-electron chi connectivity index (χ0n) is 15.6. The lowest BCUT2D eigenvalue weighted by Gasteiger charge is -2.36. The Morgan fingerprint density at radius 3 is 2.17 bits per heavy atom. The Morgan fingerprint density at radius 2 is 1.70 bits per heavy atom. The van der Waals surface area contributed by atoms with Crippen LogP contribution in [0, 0.1) is 23.2 Å². The maximum Gasteiger partial charge on any atom is 0.309 e. The van der Waals surface area contributed by atoms with Crippen LogP contribution in [-0.4, -0.2) is 35.0 Å². The number of carbonyl (C=O) groups is 2. The fraction of sp³-hybridized carbons (Fsp3) is 0.895. The first kappa shape index (κ1) is 20.0. The summed E-state index contributed by atoms with van der Waals surface area (Å²) in [6, 6.07) is 0. The summed E-state index contributed by atoms with van der Waals surface area (Å²) in [5.41, 5.74) is -1.01. The Hall–Kier alpha value is -1.06. The second kappa shape index (κ2) is 8.70. The monoisotopic (exact) mass is 325 g/mol. The van der Waals surface area contributed by atoms with Crippen LogP contribution in [0.3, 0.4) is 0 Å². The lowest BCUT2D eigenvalue weighted by atomic mass is 9.78. The van der Waals surface area contributed by atoms with E-state index in [-0.39, 0.29) is 5.91 Å². The van der Waals surface area contributed by atoms with Gasteiger partial charge in [0.2, 0.25) is 5.91 Å². The van der Waals surface area contributed by atoms with E-state index in [1.54, 1.807) is 20.8 Å². The normalized spacial score (nSPS) is 18.3. The predicted octanol–water partition coefficient (Wildman–Crippen LogP) is 4.19. The zero-order valence-corrected chi connectivity index (χ0v) is 15.6. The van der Waals surface area contributed by atoms with Crippen LogP contribution in [0.4, 0.5) is 0 Å². The molecule has 1 saturated heterocycles. The van der Waals surface area contributed by atoms with Gasteiger partial charge in [0, 0.05) is 13.1 Å². The second-order valence-corrected chi connectivity index (χ2v) is 8.20. The number of carbonyl (C=O) groups excluding carboxylic acids is 1. The van der Waals surface area contributed by atoms with E-state index in [4.69, 9.17) is 0 Å². The van der Waals surface area contributed by atoms with Gasteiger partial charge in [0.05, 0.1) is 11.3 Å². The van der Waals surface area contributed by atoms with Crippen LogP contribution in [0.1, 0.15) is 73.1 Å². The third-order valence-electron chi connectivity index (χ3n) is 5.57. The molecule has 1 aliphatic rings. The van der Waals surface area contributed by atoms with Gasteiger partial charge in [-0.05, 0) is 38.5 Å². The van der Waals surface area contributed by atoms with Crippen molar-refractivity contribution in [1.82, 2.24) is 4.90 Å². The molecule has 134 valence electrons. The number of likely N-dealkylation sites (tertiary alicyclic amines) is 1. The van der Waals surface area contributed by atoms with Crippen molar-refractivity contribution in [2.45, 2.75) is 73.1 Å². The SMILES string of the molecule is CC(C)CCCCC1CCN(C(=O)C(C)C(C)(C)C(=O)O)CC1. The minimum Gasteiger partial charge on any atom is -0.481 e. The number of hydrogen-bond acceptors (Lipinski definition) is 2. The lowest BCUT2D eigenvalue weighted by Crippen LogP contribution is -2.46. The Bertz CT molecular complexity index is 395. The molecule has 0 aromatic carbocycles. The maximum atomic E-state index is 12.6. The highest BCUT2D eigenvalue weighted by Crippen LogP contribution is 2.31. The predicted molar refractivity (Wildman–Crippen MR) is 93.2 cm³/mol. The van der Waals surface area contributed by atoms with Gasteiger partial charge in [-0.1, -0.05) is 46.5 Å². The molecule has 0 aromatic heterocycles. The fourth-order valence-corrected chi connectivity index (χ4v) is 3.20. The van der Waals surface area contributed by atoms with Crippen molar-refractivity contribution in [3.8, 4) is 0 Å². The van der Waals surface area contributed by atoms with E-state index in [0.29, 0.717) is 0 Å². The molecule has 0 aromatic rings. The lowest BCUT2D eigenvalue weighted by molar-refractivity contribution is -0.156. The van der Waals surface area contributed by atoms with Gasteiger partial charge in [-0.15, -0.1) is 0 Å². The minimum atomic E-state index is -1.01. The van der Waals surface area contributed by atoms with Crippen molar-refractivity contribution in [2.24, 2.45) is 23.2 Å². The number of amides is 1. The first-order valence-corrected chi connectivity index (χ1v) is 9.18. The van der Waals surface area contributed by atoms with Gasteiger partial charge in [-0.25, -0.2) is 0 Å². The van der Waals surface area contributed by atoms with Gasteiger partial charge >= 0.3 is 5.97 Å². The van der Waals surface area contributed by atoms with Gasteiger partial charge in [0.25, 0.3) is 0 Å². The van der Waals surface area contributed by atoms with Crippen molar-refractivity contribution in [3.05, 3.63) is 0 Å². The van der Waals surface area contributed by atoms with Crippen LogP contribution in [0.5, 0.6) is 0 Å². The summed E-state index contributed by atoms with van der Waals surface area (Å²) in [5, 5.41) is 9.29. The second-order valence-electron chi connectivity index (χ2n) is 8.20. The molecule has 1 fully saturated rings. The Labute approximate surface area is 141 Å². The third-order valence-corrected chi connectivity index (χ3v) is 5.57. The molecular weight excluding hydrogens is 290 g/mol. The number of carboxylic acids is 1.